The van der Waals surface area contributed by atoms with Crippen molar-refractivity contribution in [3.05, 3.63) is 0 Å². The second-order valence-electron chi connectivity index (χ2n) is 2.72. The quantitative estimate of drug-likeness (QED) is 0.343. The molecule has 0 radical (unpaired) electrons. The summed E-state index contributed by atoms with van der Waals surface area (Å²) in [6, 6.07) is 0. The Balaban J connectivity index is 2.65. The molecule has 0 heterocycles. The molecule has 0 atom stereocenters. The molecule has 0 bridgehead atoms. The van der Waals surface area contributed by atoms with E-state index in [0.29, 0.717) is 21.2 Å². The van der Waals surface area contributed by atoms with Crippen molar-refractivity contribution in [1.82, 2.24) is 0 Å². The van der Waals surface area contributed by atoms with E-state index in [4.69, 9.17) is 0 Å². The monoisotopic (exact) mass is 255 g/mol. The molecule has 0 saturated heterocycles. The molecule has 0 saturated carbocycles. The van der Waals surface area contributed by atoms with Gasteiger partial charge in [-0.05, 0) is 0 Å². The van der Waals surface area contributed by atoms with Gasteiger partial charge in [0.05, 0.1) is 0 Å². The molecule has 64 valence electrons. The molecule has 0 N–H and O–H groups in total. The molecule has 0 aliphatic heterocycles. The van der Waals surface area contributed by atoms with Crippen molar-refractivity contribution in [2.45, 2.75) is 45.4 Å². The number of hydrogen-bond acceptors (Lipinski definition) is 0. The molecule has 0 rings (SSSR count). The molecule has 0 nitrogen and oxygen atoms in total. The van der Waals surface area contributed by atoms with Crippen molar-refractivity contribution in [1.29, 1.82) is 0 Å². The Bertz CT molecular complexity index is 44.7. The summed E-state index contributed by atoms with van der Waals surface area (Å²) in [5.41, 5.74) is 0. The van der Waals surface area contributed by atoms with Gasteiger partial charge in [-0.1, -0.05) is 0 Å². The van der Waals surface area contributed by atoms with Crippen LogP contribution in [0.3, 0.4) is 0 Å². The molecule has 0 aromatic carbocycles. The Morgan fingerprint density at radius 2 is 1.50 bits per heavy atom. The van der Waals surface area contributed by atoms with Gasteiger partial charge in [0, 0.05) is 0 Å². The Labute approximate surface area is 76.0 Å². The van der Waals surface area contributed by atoms with E-state index in [9.17, 15) is 0 Å². The van der Waals surface area contributed by atoms with Gasteiger partial charge in [-0.2, -0.15) is 0 Å². The van der Waals surface area contributed by atoms with Crippen LogP contribution in [0.4, 0.5) is 0 Å². The standard InChI is InChI=1S/C9H20I/c1-3-4-5-6-7-8-9-10-2/h3-9H2,1-2H3/q-1. The van der Waals surface area contributed by atoms with Crippen molar-refractivity contribution >= 4 is 0 Å². The van der Waals surface area contributed by atoms with Crippen molar-refractivity contribution in [3.63, 3.8) is 0 Å². The predicted molar refractivity (Wildman–Crippen MR) is 44.2 cm³/mol. The Kier molecular flexibility index (Phi) is 10.4. The molecule has 1 heteroatoms. The van der Waals surface area contributed by atoms with Crippen LogP contribution in [-0.2, 0) is 0 Å². The molecule has 0 fully saturated rings. The van der Waals surface area contributed by atoms with Crippen LogP contribution in [-0.4, -0.2) is 9.36 Å². The van der Waals surface area contributed by atoms with Crippen LogP contribution < -0.4 is 21.2 Å². The van der Waals surface area contributed by atoms with Crippen molar-refractivity contribution in [2.24, 2.45) is 0 Å². The number of alkyl halides is 2. The first kappa shape index (κ1) is 10.7. The van der Waals surface area contributed by atoms with Crippen LogP contribution in [0.1, 0.15) is 45.4 Å². The van der Waals surface area contributed by atoms with Gasteiger partial charge in [-0.25, -0.2) is 0 Å². The molecule has 0 unspecified atom stereocenters. The van der Waals surface area contributed by atoms with Gasteiger partial charge >= 0.3 is 76.0 Å². The first-order chi connectivity index (χ1) is 4.91. The number of rotatable bonds is 7. The normalized spacial score (nSPS) is 10.6. The van der Waals surface area contributed by atoms with E-state index in [-0.39, 0.29) is 0 Å². The van der Waals surface area contributed by atoms with Crippen LogP contribution in [0.15, 0.2) is 0 Å². The first-order valence-corrected chi connectivity index (χ1v) is 8.04. The molecule has 0 amide bonds. The summed E-state index contributed by atoms with van der Waals surface area (Å²) in [4.78, 5) is 2.38. The fourth-order valence-corrected chi connectivity index (χ4v) is 2.31. The molecule has 0 aliphatic rings. The van der Waals surface area contributed by atoms with E-state index in [0.717, 1.165) is 0 Å². The summed E-state index contributed by atoms with van der Waals surface area (Å²) >= 11 is 0.581. The van der Waals surface area contributed by atoms with E-state index in [1.807, 2.05) is 0 Å². The fraction of sp³-hybridized carbons (Fsp3) is 1.00. The summed E-state index contributed by atoms with van der Waals surface area (Å²) in [5, 5.41) is 0. The second-order valence-corrected chi connectivity index (χ2v) is 5.33. The van der Waals surface area contributed by atoms with Crippen molar-refractivity contribution < 1.29 is 21.2 Å². The third-order valence-corrected chi connectivity index (χ3v) is 3.52. The second kappa shape index (κ2) is 9.73. The predicted octanol–water partition coefficient (Wildman–Crippen LogP) is 0.0657. The maximum absolute atomic E-state index is 2.38. The minimum atomic E-state index is 0.581. The van der Waals surface area contributed by atoms with Crippen LogP contribution in [0.2, 0.25) is 0 Å². The third kappa shape index (κ3) is 8.73. The zero-order chi connectivity index (χ0) is 7.66. The molecular formula is C9H20I-. The molecule has 10 heavy (non-hydrogen) atoms. The van der Waals surface area contributed by atoms with Gasteiger partial charge in [0.15, 0.2) is 0 Å². The van der Waals surface area contributed by atoms with Gasteiger partial charge in [-0.15, -0.1) is 0 Å². The van der Waals surface area contributed by atoms with Gasteiger partial charge in [-0.3, -0.25) is 0 Å². The number of unbranched alkanes of at least 4 members (excludes halogenated alkanes) is 5. The molecular weight excluding hydrogens is 235 g/mol. The first-order valence-electron chi connectivity index (χ1n) is 4.35. The summed E-state index contributed by atoms with van der Waals surface area (Å²) in [5.74, 6) is 0. The number of hydrogen-bond donors (Lipinski definition) is 0. The van der Waals surface area contributed by atoms with Gasteiger partial charge in [0.1, 0.15) is 0 Å². The van der Waals surface area contributed by atoms with Crippen LogP contribution in [0.25, 0.3) is 0 Å². The molecule has 0 spiro atoms. The van der Waals surface area contributed by atoms with Crippen LogP contribution in [0.5, 0.6) is 0 Å². The summed E-state index contributed by atoms with van der Waals surface area (Å²) in [6.45, 7) is 2.28. The zero-order valence-electron chi connectivity index (χ0n) is 7.33. The van der Waals surface area contributed by atoms with Crippen LogP contribution in [0, 0.1) is 0 Å². The van der Waals surface area contributed by atoms with Crippen molar-refractivity contribution in [3.8, 4) is 0 Å². The SMILES string of the molecule is CCCCCCCC[I-]C. The van der Waals surface area contributed by atoms with E-state index >= 15 is 0 Å². The Morgan fingerprint density at radius 3 is 2.10 bits per heavy atom. The fourth-order valence-electron chi connectivity index (χ4n) is 1.01. The average Bonchev–Trinajstić information content (AvgIpc) is 1.97. The topological polar surface area (TPSA) is 0 Å². The Hall–Kier alpha value is 0.730. The molecule has 0 aromatic heterocycles. The Morgan fingerprint density at radius 1 is 0.900 bits per heavy atom. The maximum atomic E-state index is 2.38. The van der Waals surface area contributed by atoms with E-state index < -0.39 is 0 Å². The number of halogens is 1. The third-order valence-electron chi connectivity index (χ3n) is 1.68. The van der Waals surface area contributed by atoms with Crippen molar-refractivity contribution in [2.75, 3.05) is 9.36 Å². The van der Waals surface area contributed by atoms with Gasteiger partial charge in [0.25, 0.3) is 0 Å². The summed E-state index contributed by atoms with van der Waals surface area (Å²) in [6.07, 6.45) is 8.78. The summed E-state index contributed by atoms with van der Waals surface area (Å²) < 4.78 is 1.55. The van der Waals surface area contributed by atoms with Gasteiger partial charge in [0.2, 0.25) is 0 Å². The van der Waals surface area contributed by atoms with E-state index in [2.05, 4.69) is 11.9 Å². The minimum absolute atomic E-state index is 0.581. The molecule has 0 aliphatic carbocycles. The van der Waals surface area contributed by atoms with Crippen LogP contribution >= 0.6 is 0 Å². The zero-order valence-corrected chi connectivity index (χ0v) is 9.49. The average molecular weight is 255 g/mol. The van der Waals surface area contributed by atoms with E-state index in [1.165, 1.54) is 38.5 Å². The summed E-state index contributed by atoms with van der Waals surface area (Å²) in [7, 11) is 0. The molecule has 0 aromatic rings. The van der Waals surface area contributed by atoms with E-state index in [1.54, 1.807) is 4.43 Å². The van der Waals surface area contributed by atoms with Gasteiger partial charge < -0.3 is 0 Å².